The summed E-state index contributed by atoms with van der Waals surface area (Å²) in [6.07, 6.45) is 4.14. The van der Waals surface area contributed by atoms with Crippen LogP contribution in [0.4, 0.5) is 0 Å². The molecule has 1 fully saturated rings. The highest BCUT2D eigenvalue weighted by Crippen LogP contribution is 2.37. The van der Waals surface area contributed by atoms with Crippen molar-refractivity contribution in [2.45, 2.75) is 32.7 Å². The van der Waals surface area contributed by atoms with Crippen LogP contribution in [0.5, 0.6) is 0 Å². The Bertz CT molecular complexity index is 812. The van der Waals surface area contributed by atoms with Crippen molar-refractivity contribution in [1.82, 2.24) is 14.5 Å². The Kier molecular flexibility index (Phi) is 4.61. The monoisotopic (exact) mass is 341 g/mol. The van der Waals surface area contributed by atoms with Gasteiger partial charge in [0, 0.05) is 32.4 Å². The van der Waals surface area contributed by atoms with E-state index in [1.165, 1.54) is 16.7 Å². The Morgan fingerprint density at radius 3 is 2.72 bits per heavy atom. The minimum absolute atomic E-state index is 0.0275. The van der Waals surface area contributed by atoms with Crippen LogP contribution in [-0.4, -0.2) is 38.0 Å². The molecule has 1 amide bonds. The van der Waals surface area contributed by atoms with E-state index in [1.54, 1.807) is 21.9 Å². The number of aryl methyl sites for hydroxylation is 3. The third kappa shape index (κ3) is 3.29. The van der Waals surface area contributed by atoms with Crippen LogP contribution < -0.4 is 0 Å². The summed E-state index contributed by atoms with van der Waals surface area (Å²) >= 11 is 0. The van der Waals surface area contributed by atoms with Gasteiger partial charge in [-0.1, -0.05) is 23.8 Å². The van der Waals surface area contributed by atoms with E-state index in [0.29, 0.717) is 18.8 Å². The highest BCUT2D eigenvalue weighted by atomic mass is 16.4. The largest absolute Gasteiger partial charge is 0.481 e. The quantitative estimate of drug-likeness (QED) is 0.905. The van der Waals surface area contributed by atoms with E-state index in [4.69, 9.17) is 0 Å². The molecule has 6 heteroatoms. The van der Waals surface area contributed by atoms with Crippen molar-refractivity contribution >= 4 is 11.9 Å². The normalized spacial score (nSPS) is 20.3. The van der Waals surface area contributed by atoms with Crippen LogP contribution in [0.15, 0.2) is 30.6 Å². The first-order chi connectivity index (χ1) is 11.9. The lowest BCUT2D eigenvalue weighted by Crippen LogP contribution is -2.34. The summed E-state index contributed by atoms with van der Waals surface area (Å²) in [5.41, 5.74) is 3.57. The smallest absolute Gasteiger partial charge is 0.309 e. The van der Waals surface area contributed by atoms with Crippen molar-refractivity contribution in [1.29, 1.82) is 0 Å². The summed E-state index contributed by atoms with van der Waals surface area (Å²) in [6, 6.07) is 5.74. The molecule has 3 rings (SSSR count). The van der Waals surface area contributed by atoms with Gasteiger partial charge >= 0.3 is 5.97 Å². The zero-order valence-electron chi connectivity index (χ0n) is 14.8. The van der Waals surface area contributed by atoms with Crippen molar-refractivity contribution < 1.29 is 14.7 Å². The van der Waals surface area contributed by atoms with Gasteiger partial charge in [0.15, 0.2) is 0 Å². The molecule has 0 saturated carbocycles. The minimum Gasteiger partial charge on any atom is -0.481 e. The minimum atomic E-state index is -0.949. The molecule has 1 N–H and O–H groups in total. The summed E-state index contributed by atoms with van der Waals surface area (Å²) in [5, 5.41) is 9.55. The lowest BCUT2D eigenvalue weighted by molar-refractivity contribution is -0.142. The SMILES string of the molecule is Cc1ccc(CCN2C(=O)C[C@H](C(=O)O)[C@@H]2c2nccn2C)c(C)c1. The molecule has 6 nitrogen and oxygen atoms in total. The van der Waals surface area contributed by atoms with Crippen LogP contribution >= 0.6 is 0 Å². The van der Waals surface area contributed by atoms with Crippen molar-refractivity contribution in [2.24, 2.45) is 13.0 Å². The highest BCUT2D eigenvalue weighted by Gasteiger charge is 2.46. The van der Waals surface area contributed by atoms with Gasteiger partial charge < -0.3 is 14.6 Å². The fourth-order valence-corrected chi connectivity index (χ4v) is 3.62. The fraction of sp³-hybridized carbons (Fsp3) is 0.421. The number of amides is 1. The molecule has 1 aromatic heterocycles. The molecule has 1 aromatic carbocycles. The Labute approximate surface area is 147 Å². The molecular formula is C19H23N3O3. The van der Waals surface area contributed by atoms with Gasteiger partial charge in [0.1, 0.15) is 11.9 Å². The van der Waals surface area contributed by atoms with Gasteiger partial charge in [-0.3, -0.25) is 9.59 Å². The zero-order chi connectivity index (χ0) is 18.1. The number of nitrogens with zero attached hydrogens (tertiary/aromatic N) is 3. The molecular weight excluding hydrogens is 318 g/mol. The number of hydrogen-bond donors (Lipinski definition) is 1. The van der Waals surface area contributed by atoms with E-state index in [-0.39, 0.29) is 12.3 Å². The number of aliphatic carboxylic acids is 1. The summed E-state index contributed by atoms with van der Waals surface area (Å²) in [4.78, 5) is 30.1. The lowest BCUT2D eigenvalue weighted by atomic mass is 9.99. The number of benzene rings is 1. The van der Waals surface area contributed by atoms with Crippen LogP contribution in [0.25, 0.3) is 0 Å². The molecule has 2 aromatic rings. The molecule has 0 spiro atoms. The van der Waals surface area contributed by atoms with Crippen LogP contribution in [0.3, 0.4) is 0 Å². The Morgan fingerprint density at radius 2 is 2.12 bits per heavy atom. The van der Waals surface area contributed by atoms with Crippen LogP contribution in [0, 0.1) is 19.8 Å². The Hall–Kier alpha value is -2.63. The molecule has 0 radical (unpaired) electrons. The average molecular weight is 341 g/mol. The molecule has 1 saturated heterocycles. The second-order valence-electron chi connectivity index (χ2n) is 6.76. The predicted molar refractivity (Wildman–Crippen MR) is 93.0 cm³/mol. The first kappa shape index (κ1) is 17.2. The molecule has 1 aliphatic rings. The number of carbonyl (C=O) groups is 2. The maximum Gasteiger partial charge on any atom is 0.309 e. The van der Waals surface area contributed by atoms with E-state index in [0.717, 1.165) is 0 Å². The maximum atomic E-state index is 12.5. The Morgan fingerprint density at radius 1 is 1.36 bits per heavy atom. The number of hydrogen-bond acceptors (Lipinski definition) is 3. The molecule has 0 unspecified atom stereocenters. The number of aromatic nitrogens is 2. The van der Waals surface area contributed by atoms with Crippen molar-refractivity contribution in [3.8, 4) is 0 Å². The molecule has 0 bridgehead atoms. The van der Waals surface area contributed by atoms with Crippen molar-refractivity contribution in [3.63, 3.8) is 0 Å². The van der Waals surface area contributed by atoms with E-state index in [2.05, 4.69) is 37.0 Å². The van der Waals surface area contributed by atoms with Crippen molar-refractivity contribution in [2.75, 3.05) is 6.54 Å². The lowest BCUT2D eigenvalue weighted by Gasteiger charge is -2.26. The summed E-state index contributed by atoms with van der Waals surface area (Å²) in [5.74, 6) is -1.20. The first-order valence-electron chi connectivity index (χ1n) is 8.44. The van der Waals surface area contributed by atoms with E-state index < -0.39 is 17.9 Å². The maximum absolute atomic E-state index is 12.5. The van der Waals surface area contributed by atoms with Crippen LogP contribution in [-0.2, 0) is 23.1 Å². The van der Waals surface area contributed by atoms with Gasteiger partial charge in [-0.15, -0.1) is 0 Å². The average Bonchev–Trinajstić information content (AvgIpc) is 3.10. The van der Waals surface area contributed by atoms with E-state index in [1.807, 2.05) is 7.05 Å². The standard InChI is InChI=1S/C19H23N3O3/c1-12-4-5-14(13(2)10-12)6-8-22-16(23)11-15(19(24)25)17(22)18-20-7-9-21(18)3/h4-5,7,9-10,15,17H,6,8,11H2,1-3H3,(H,24,25)/t15-,17+/m0/s1. The van der Waals surface area contributed by atoms with Gasteiger partial charge in [-0.05, 0) is 31.4 Å². The van der Waals surface area contributed by atoms with Gasteiger partial charge in [0.2, 0.25) is 5.91 Å². The van der Waals surface area contributed by atoms with Crippen molar-refractivity contribution in [3.05, 3.63) is 53.1 Å². The highest BCUT2D eigenvalue weighted by molar-refractivity contribution is 5.87. The second-order valence-corrected chi connectivity index (χ2v) is 6.76. The van der Waals surface area contributed by atoms with Gasteiger partial charge in [0.05, 0.1) is 5.92 Å². The number of likely N-dealkylation sites (tertiary alicyclic amines) is 1. The third-order valence-electron chi connectivity index (χ3n) is 4.99. The van der Waals surface area contributed by atoms with E-state index in [9.17, 15) is 14.7 Å². The van der Waals surface area contributed by atoms with Gasteiger partial charge in [-0.2, -0.15) is 0 Å². The van der Waals surface area contributed by atoms with Gasteiger partial charge in [-0.25, -0.2) is 4.98 Å². The topological polar surface area (TPSA) is 75.4 Å². The fourth-order valence-electron chi connectivity index (χ4n) is 3.62. The second kappa shape index (κ2) is 6.70. The molecule has 0 aliphatic carbocycles. The van der Waals surface area contributed by atoms with E-state index >= 15 is 0 Å². The summed E-state index contributed by atoms with van der Waals surface area (Å²) < 4.78 is 1.79. The first-order valence-corrected chi connectivity index (χ1v) is 8.44. The van der Waals surface area contributed by atoms with Gasteiger partial charge in [0.25, 0.3) is 0 Å². The third-order valence-corrected chi connectivity index (χ3v) is 4.99. The van der Waals surface area contributed by atoms with Crippen LogP contribution in [0.1, 0.15) is 35.0 Å². The van der Waals surface area contributed by atoms with Crippen LogP contribution in [0.2, 0.25) is 0 Å². The Balaban J connectivity index is 1.86. The molecule has 2 atom stereocenters. The predicted octanol–water partition coefficient (Wildman–Crippen LogP) is 2.25. The molecule has 132 valence electrons. The molecule has 1 aliphatic heterocycles. The summed E-state index contributed by atoms with van der Waals surface area (Å²) in [6.45, 7) is 4.60. The number of carboxylic acids is 1. The molecule has 25 heavy (non-hydrogen) atoms. The molecule has 2 heterocycles. The number of rotatable bonds is 5. The number of carboxylic acid groups (broad SMARTS) is 1. The number of carbonyl (C=O) groups excluding carboxylic acids is 1. The number of imidazole rings is 1. The summed E-state index contributed by atoms with van der Waals surface area (Å²) in [7, 11) is 1.83. The zero-order valence-corrected chi connectivity index (χ0v) is 14.8.